The molecule has 0 unspecified atom stereocenters. The van der Waals surface area contributed by atoms with Crippen LogP contribution in [-0.4, -0.2) is 16.7 Å². The van der Waals surface area contributed by atoms with E-state index in [4.69, 9.17) is 10.5 Å². The van der Waals surface area contributed by atoms with Crippen molar-refractivity contribution in [2.24, 2.45) is 0 Å². The van der Waals surface area contributed by atoms with Gasteiger partial charge >= 0.3 is 0 Å². The molecule has 6 heteroatoms. The maximum atomic E-state index is 13.6. The van der Waals surface area contributed by atoms with Gasteiger partial charge in [0.25, 0.3) is 0 Å². The quantitative estimate of drug-likeness (QED) is 0.779. The molecule has 102 valence electrons. The first-order valence-corrected chi connectivity index (χ1v) is 6.67. The van der Waals surface area contributed by atoms with Crippen molar-refractivity contribution in [3.63, 3.8) is 0 Å². The van der Waals surface area contributed by atoms with Crippen LogP contribution < -0.4 is 10.5 Å². The van der Waals surface area contributed by atoms with Gasteiger partial charge in [-0.05, 0) is 34.1 Å². The number of nitrogens with two attached hydrogens (primary N) is 1. The van der Waals surface area contributed by atoms with Gasteiger partial charge in [0.05, 0.1) is 28.3 Å². The van der Waals surface area contributed by atoms with Gasteiger partial charge in [0, 0.05) is 12.1 Å². The molecule has 0 aliphatic heterocycles. The van der Waals surface area contributed by atoms with Crippen LogP contribution in [0.4, 0.5) is 10.3 Å². The lowest BCUT2D eigenvalue weighted by Gasteiger charge is -2.08. The minimum atomic E-state index is -0.368. The van der Waals surface area contributed by atoms with E-state index in [2.05, 4.69) is 20.9 Å². The van der Waals surface area contributed by atoms with Crippen molar-refractivity contribution in [1.29, 1.82) is 0 Å². The van der Waals surface area contributed by atoms with Crippen LogP contribution in [0.15, 0.2) is 40.9 Å². The van der Waals surface area contributed by atoms with E-state index in [9.17, 15) is 4.39 Å². The molecule has 0 saturated carbocycles. The summed E-state index contributed by atoms with van der Waals surface area (Å²) in [5.74, 6) is 0.642. The molecule has 0 saturated heterocycles. The minimum absolute atomic E-state index is 0.297. The van der Waals surface area contributed by atoms with Gasteiger partial charge < -0.3 is 10.5 Å². The van der Waals surface area contributed by atoms with Gasteiger partial charge in [-0.15, -0.1) is 0 Å². The molecule has 0 radical (unpaired) electrons. The Bertz CT molecular complexity index is 800. The Labute approximate surface area is 123 Å². The van der Waals surface area contributed by atoms with Crippen LogP contribution in [0.2, 0.25) is 0 Å². The first-order chi connectivity index (χ1) is 9.60. The van der Waals surface area contributed by atoms with Crippen molar-refractivity contribution in [3.8, 4) is 11.4 Å². The number of ether oxygens (including phenoxy) is 1. The number of hydrogen-bond acceptors (Lipinski definition) is 3. The SMILES string of the molecule is COc1cccc(-n2c(N)nc3cc(F)c(Br)cc32)c1. The predicted octanol–water partition coefficient (Wildman–Crippen LogP) is 3.52. The van der Waals surface area contributed by atoms with Crippen LogP contribution in [0.25, 0.3) is 16.7 Å². The molecular weight excluding hydrogens is 325 g/mol. The average Bonchev–Trinajstić information content (AvgIpc) is 2.74. The van der Waals surface area contributed by atoms with E-state index in [-0.39, 0.29) is 5.82 Å². The number of imidazole rings is 1. The number of benzene rings is 2. The second-order valence-electron chi connectivity index (χ2n) is 4.26. The molecule has 0 aliphatic rings. The Morgan fingerprint density at radius 1 is 1.30 bits per heavy atom. The summed E-state index contributed by atoms with van der Waals surface area (Å²) >= 11 is 3.18. The molecule has 1 heterocycles. The predicted molar refractivity (Wildman–Crippen MR) is 79.7 cm³/mol. The Balaban J connectivity index is 2.29. The lowest BCUT2D eigenvalue weighted by atomic mass is 10.2. The van der Waals surface area contributed by atoms with E-state index in [0.29, 0.717) is 21.7 Å². The number of methoxy groups -OCH3 is 1. The molecule has 0 fully saturated rings. The summed E-state index contributed by atoms with van der Waals surface area (Å²) in [4.78, 5) is 4.19. The number of halogens is 2. The number of aromatic nitrogens is 2. The average molecular weight is 336 g/mol. The third-order valence-corrected chi connectivity index (χ3v) is 3.64. The third kappa shape index (κ3) is 2.02. The molecule has 0 bridgehead atoms. The van der Waals surface area contributed by atoms with Crippen molar-refractivity contribution >= 4 is 32.9 Å². The van der Waals surface area contributed by atoms with Crippen molar-refractivity contribution in [3.05, 3.63) is 46.7 Å². The van der Waals surface area contributed by atoms with E-state index >= 15 is 0 Å². The van der Waals surface area contributed by atoms with E-state index in [1.165, 1.54) is 6.07 Å². The summed E-state index contributed by atoms with van der Waals surface area (Å²) in [6, 6.07) is 10.4. The number of nitrogens with zero attached hydrogens (tertiary/aromatic N) is 2. The minimum Gasteiger partial charge on any atom is -0.497 e. The summed E-state index contributed by atoms with van der Waals surface area (Å²) in [6.07, 6.45) is 0. The molecule has 0 atom stereocenters. The second-order valence-corrected chi connectivity index (χ2v) is 5.12. The molecule has 3 rings (SSSR count). The van der Waals surface area contributed by atoms with Gasteiger partial charge in [-0.1, -0.05) is 6.07 Å². The largest absolute Gasteiger partial charge is 0.497 e. The van der Waals surface area contributed by atoms with E-state index in [1.807, 2.05) is 24.3 Å². The maximum absolute atomic E-state index is 13.6. The number of anilines is 1. The molecule has 1 aromatic heterocycles. The van der Waals surface area contributed by atoms with Crippen LogP contribution in [-0.2, 0) is 0 Å². The van der Waals surface area contributed by atoms with Crippen molar-refractivity contribution in [2.45, 2.75) is 0 Å². The molecule has 0 aliphatic carbocycles. The molecule has 4 nitrogen and oxygen atoms in total. The third-order valence-electron chi connectivity index (χ3n) is 3.03. The topological polar surface area (TPSA) is 53.1 Å². The summed E-state index contributed by atoms with van der Waals surface area (Å²) in [5, 5.41) is 0. The van der Waals surface area contributed by atoms with Crippen molar-refractivity contribution in [1.82, 2.24) is 9.55 Å². The highest BCUT2D eigenvalue weighted by Gasteiger charge is 2.13. The lowest BCUT2D eigenvalue weighted by Crippen LogP contribution is -2.00. The Morgan fingerprint density at radius 2 is 2.10 bits per heavy atom. The zero-order chi connectivity index (χ0) is 14.3. The number of hydrogen-bond donors (Lipinski definition) is 1. The highest BCUT2D eigenvalue weighted by atomic mass is 79.9. The fourth-order valence-corrected chi connectivity index (χ4v) is 2.44. The second kappa shape index (κ2) is 4.79. The fourth-order valence-electron chi connectivity index (χ4n) is 2.11. The standard InChI is InChI=1S/C14H11BrFN3O/c1-20-9-4-2-3-8(5-9)19-13-6-10(15)11(16)7-12(13)18-14(19)17/h2-7H,1H3,(H2,17,18). The Hall–Kier alpha value is -2.08. The van der Waals surface area contributed by atoms with Crippen LogP contribution >= 0.6 is 15.9 Å². The van der Waals surface area contributed by atoms with Gasteiger partial charge in [-0.2, -0.15) is 0 Å². The van der Waals surface area contributed by atoms with Crippen LogP contribution in [0, 0.1) is 5.82 Å². The van der Waals surface area contributed by atoms with Crippen molar-refractivity contribution in [2.75, 3.05) is 12.8 Å². The van der Waals surface area contributed by atoms with E-state index in [1.54, 1.807) is 17.7 Å². The first kappa shape index (κ1) is 12.9. The number of fused-ring (bicyclic) bond motifs is 1. The Kier molecular flexibility index (Phi) is 3.10. The zero-order valence-electron chi connectivity index (χ0n) is 10.6. The van der Waals surface area contributed by atoms with Gasteiger partial charge in [0.1, 0.15) is 11.6 Å². The molecule has 3 aromatic rings. The zero-order valence-corrected chi connectivity index (χ0v) is 12.2. The Morgan fingerprint density at radius 3 is 2.85 bits per heavy atom. The smallest absolute Gasteiger partial charge is 0.205 e. The summed E-state index contributed by atoms with van der Waals surface area (Å²) in [7, 11) is 1.60. The summed E-state index contributed by atoms with van der Waals surface area (Å²) in [6.45, 7) is 0. The van der Waals surface area contributed by atoms with Gasteiger partial charge in [-0.3, -0.25) is 4.57 Å². The van der Waals surface area contributed by atoms with Crippen LogP contribution in [0.1, 0.15) is 0 Å². The maximum Gasteiger partial charge on any atom is 0.205 e. The highest BCUT2D eigenvalue weighted by molar-refractivity contribution is 9.10. The molecule has 2 aromatic carbocycles. The fraction of sp³-hybridized carbons (Fsp3) is 0.0714. The summed E-state index contributed by atoms with van der Waals surface area (Å²) < 4.78 is 20.9. The number of nitrogen functional groups attached to an aromatic ring is 1. The molecule has 20 heavy (non-hydrogen) atoms. The number of rotatable bonds is 2. The molecule has 2 N–H and O–H groups in total. The first-order valence-electron chi connectivity index (χ1n) is 5.87. The van der Waals surface area contributed by atoms with Crippen molar-refractivity contribution < 1.29 is 9.13 Å². The van der Waals surface area contributed by atoms with Crippen LogP contribution in [0.5, 0.6) is 5.75 Å². The molecule has 0 spiro atoms. The van der Waals surface area contributed by atoms with E-state index in [0.717, 1.165) is 11.2 Å². The molecule has 0 amide bonds. The van der Waals surface area contributed by atoms with E-state index < -0.39 is 0 Å². The van der Waals surface area contributed by atoms with Gasteiger partial charge in [0.15, 0.2) is 0 Å². The summed E-state index contributed by atoms with van der Waals surface area (Å²) in [5.41, 5.74) is 7.99. The van der Waals surface area contributed by atoms with Gasteiger partial charge in [0.2, 0.25) is 5.95 Å². The van der Waals surface area contributed by atoms with Gasteiger partial charge in [-0.25, -0.2) is 9.37 Å². The highest BCUT2D eigenvalue weighted by Crippen LogP contribution is 2.29. The normalized spacial score (nSPS) is 10.9. The lowest BCUT2D eigenvalue weighted by molar-refractivity contribution is 0.414. The van der Waals surface area contributed by atoms with Crippen LogP contribution in [0.3, 0.4) is 0 Å². The monoisotopic (exact) mass is 335 g/mol. The molecular formula is C14H11BrFN3O.